The monoisotopic (exact) mass is 362 g/mol. The number of rotatable bonds is 3. The van der Waals surface area contributed by atoms with Crippen molar-refractivity contribution in [3.05, 3.63) is 18.3 Å². The lowest BCUT2D eigenvalue weighted by atomic mass is 10.1. The highest BCUT2D eigenvalue weighted by atomic mass is 35.5. The summed E-state index contributed by atoms with van der Waals surface area (Å²) in [4.78, 5) is 18.8. The van der Waals surface area contributed by atoms with Gasteiger partial charge in [0, 0.05) is 26.2 Å². The molecule has 8 heteroatoms. The molecule has 0 aromatic carbocycles. The molecule has 1 amide bonds. The number of carbonyl (C=O) groups is 1. The molecule has 130 valence electrons. The lowest BCUT2D eigenvalue weighted by molar-refractivity contribution is -0.128. The summed E-state index contributed by atoms with van der Waals surface area (Å²) in [5, 5.41) is 6.00. The van der Waals surface area contributed by atoms with Crippen LogP contribution in [0, 0.1) is 0 Å². The van der Waals surface area contributed by atoms with Crippen molar-refractivity contribution >= 4 is 42.2 Å². The highest BCUT2D eigenvalue weighted by Crippen LogP contribution is 2.19. The SMILES string of the molecule is Cl.Cl.O=C(Nc1ccc(N2CCCCC2)nc1)C1CNCCO1. The molecule has 0 bridgehead atoms. The van der Waals surface area contributed by atoms with Crippen molar-refractivity contribution in [2.75, 3.05) is 43.0 Å². The molecule has 1 unspecified atom stereocenters. The Labute approximate surface area is 149 Å². The number of ether oxygens (including phenoxy) is 1. The number of halogens is 2. The number of amides is 1. The van der Waals surface area contributed by atoms with E-state index in [1.54, 1.807) is 6.20 Å². The van der Waals surface area contributed by atoms with Crippen LogP contribution in [0.2, 0.25) is 0 Å². The largest absolute Gasteiger partial charge is 0.366 e. The quantitative estimate of drug-likeness (QED) is 0.858. The zero-order valence-electron chi connectivity index (χ0n) is 13.0. The van der Waals surface area contributed by atoms with E-state index in [0.717, 1.165) is 31.1 Å². The van der Waals surface area contributed by atoms with Gasteiger partial charge in [-0.25, -0.2) is 4.98 Å². The van der Waals surface area contributed by atoms with Gasteiger partial charge >= 0.3 is 0 Å². The molecule has 1 aromatic rings. The van der Waals surface area contributed by atoms with Crippen molar-refractivity contribution in [1.82, 2.24) is 10.3 Å². The van der Waals surface area contributed by atoms with Crippen molar-refractivity contribution in [2.24, 2.45) is 0 Å². The van der Waals surface area contributed by atoms with Gasteiger partial charge < -0.3 is 20.3 Å². The molecule has 6 nitrogen and oxygen atoms in total. The number of carbonyl (C=O) groups excluding carboxylic acids is 1. The van der Waals surface area contributed by atoms with Crippen LogP contribution in [0.15, 0.2) is 18.3 Å². The molecule has 2 saturated heterocycles. The number of morpholine rings is 1. The smallest absolute Gasteiger partial charge is 0.254 e. The van der Waals surface area contributed by atoms with Gasteiger partial charge in [0.15, 0.2) is 0 Å². The van der Waals surface area contributed by atoms with E-state index in [2.05, 4.69) is 20.5 Å². The number of nitrogens with one attached hydrogen (secondary N) is 2. The maximum atomic E-state index is 12.0. The van der Waals surface area contributed by atoms with Crippen LogP contribution in [-0.4, -0.2) is 49.8 Å². The summed E-state index contributed by atoms with van der Waals surface area (Å²) in [7, 11) is 0. The van der Waals surface area contributed by atoms with Crippen molar-refractivity contribution in [1.29, 1.82) is 0 Å². The van der Waals surface area contributed by atoms with Crippen LogP contribution in [0.4, 0.5) is 11.5 Å². The maximum Gasteiger partial charge on any atom is 0.254 e. The summed E-state index contributed by atoms with van der Waals surface area (Å²) in [5.41, 5.74) is 0.718. The third kappa shape index (κ3) is 5.49. The van der Waals surface area contributed by atoms with Gasteiger partial charge in [-0.15, -0.1) is 24.8 Å². The third-order valence-corrected chi connectivity index (χ3v) is 3.92. The molecule has 2 N–H and O–H groups in total. The molecule has 2 aliphatic heterocycles. The molecule has 3 rings (SSSR count). The van der Waals surface area contributed by atoms with Gasteiger partial charge in [-0.05, 0) is 31.4 Å². The van der Waals surface area contributed by atoms with E-state index >= 15 is 0 Å². The summed E-state index contributed by atoms with van der Waals surface area (Å²) in [5.74, 6) is 0.873. The lowest BCUT2D eigenvalue weighted by Gasteiger charge is -2.27. The van der Waals surface area contributed by atoms with Crippen LogP contribution in [-0.2, 0) is 9.53 Å². The number of hydrogen-bond donors (Lipinski definition) is 2. The summed E-state index contributed by atoms with van der Waals surface area (Å²) in [6, 6.07) is 3.88. The highest BCUT2D eigenvalue weighted by Gasteiger charge is 2.21. The van der Waals surface area contributed by atoms with Gasteiger partial charge in [0.05, 0.1) is 18.5 Å². The minimum Gasteiger partial charge on any atom is -0.366 e. The molecule has 0 aliphatic carbocycles. The second-order valence-electron chi connectivity index (χ2n) is 5.51. The Morgan fingerprint density at radius 2 is 2.04 bits per heavy atom. The Bertz CT molecular complexity index is 475. The molecule has 0 radical (unpaired) electrons. The van der Waals surface area contributed by atoms with Gasteiger partial charge in [0.1, 0.15) is 11.9 Å². The first-order chi connectivity index (χ1) is 10.3. The summed E-state index contributed by atoms with van der Waals surface area (Å²) < 4.78 is 5.43. The first-order valence-electron chi connectivity index (χ1n) is 7.67. The van der Waals surface area contributed by atoms with Crippen molar-refractivity contribution in [3.63, 3.8) is 0 Å². The number of pyridine rings is 1. The van der Waals surface area contributed by atoms with Crippen LogP contribution in [0.25, 0.3) is 0 Å². The molecule has 3 heterocycles. The van der Waals surface area contributed by atoms with E-state index in [0.29, 0.717) is 13.2 Å². The molecular formula is C15H24Cl2N4O2. The van der Waals surface area contributed by atoms with Crippen LogP contribution < -0.4 is 15.5 Å². The average Bonchev–Trinajstić information content (AvgIpc) is 2.57. The summed E-state index contributed by atoms with van der Waals surface area (Å²) in [6.45, 7) is 4.08. The van der Waals surface area contributed by atoms with E-state index in [1.165, 1.54) is 19.3 Å². The first kappa shape index (κ1) is 20.0. The molecule has 1 atom stereocenters. The highest BCUT2D eigenvalue weighted by molar-refractivity contribution is 5.94. The Hall–Kier alpha value is -1.08. The van der Waals surface area contributed by atoms with Crippen molar-refractivity contribution < 1.29 is 9.53 Å². The molecule has 23 heavy (non-hydrogen) atoms. The molecule has 0 spiro atoms. The lowest BCUT2D eigenvalue weighted by Crippen LogP contribution is -2.45. The number of hydrogen-bond acceptors (Lipinski definition) is 5. The third-order valence-electron chi connectivity index (χ3n) is 3.92. The van der Waals surface area contributed by atoms with E-state index in [9.17, 15) is 4.79 Å². The van der Waals surface area contributed by atoms with Gasteiger partial charge in [-0.1, -0.05) is 0 Å². The van der Waals surface area contributed by atoms with Gasteiger partial charge in [-0.3, -0.25) is 4.79 Å². The Balaban J connectivity index is 0.00000132. The molecular weight excluding hydrogens is 339 g/mol. The Kier molecular flexibility index (Phi) is 8.62. The number of nitrogens with zero attached hydrogens (tertiary/aromatic N) is 2. The minimum atomic E-state index is -0.416. The van der Waals surface area contributed by atoms with Crippen molar-refractivity contribution in [3.8, 4) is 0 Å². The van der Waals surface area contributed by atoms with E-state index < -0.39 is 6.10 Å². The van der Waals surface area contributed by atoms with E-state index in [1.807, 2.05) is 12.1 Å². The zero-order chi connectivity index (χ0) is 14.5. The summed E-state index contributed by atoms with van der Waals surface area (Å²) >= 11 is 0. The predicted molar refractivity (Wildman–Crippen MR) is 96.0 cm³/mol. The fourth-order valence-corrected chi connectivity index (χ4v) is 2.73. The number of aromatic nitrogens is 1. The van der Waals surface area contributed by atoms with Gasteiger partial charge in [0.2, 0.25) is 0 Å². The fraction of sp³-hybridized carbons (Fsp3) is 0.600. The maximum absolute atomic E-state index is 12.0. The van der Waals surface area contributed by atoms with Crippen LogP contribution in [0.5, 0.6) is 0 Å². The first-order valence-corrected chi connectivity index (χ1v) is 7.67. The van der Waals surface area contributed by atoms with Gasteiger partial charge in [0.25, 0.3) is 5.91 Å². The molecule has 2 aliphatic rings. The standard InChI is InChI=1S/C15H22N4O2.2ClH/c20-15(13-11-16-6-9-21-13)18-12-4-5-14(17-10-12)19-7-2-1-3-8-19;;/h4-5,10,13,16H,1-3,6-9,11H2,(H,18,20);2*1H. The van der Waals surface area contributed by atoms with E-state index in [4.69, 9.17) is 4.74 Å². The molecule has 2 fully saturated rings. The summed E-state index contributed by atoms with van der Waals surface area (Å²) in [6.07, 6.45) is 5.07. The Morgan fingerprint density at radius 3 is 2.65 bits per heavy atom. The van der Waals surface area contributed by atoms with Crippen LogP contribution in [0.3, 0.4) is 0 Å². The Morgan fingerprint density at radius 1 is 1.26 bits per heavy atom. The number of anilines is 2. The van der Waals surface area contributed by atoms with E-state index in [-0.39, 0.29) is 30.7 Å². The second-order valence-corrected chi connectivity index (χ2v) is 5.51. The van der Waals surface area contributed by atoms with Gasteiger partial charge in [-0.2, -0.15) is 0 Å². The predicted octanol–water partition coefficient (Wildman–Crippen LogP) is 1.84. The number of piperidine rings is 1. The zero-order valence-corrected chi connectivity index (χ0v) is 14.6. The normalized spacial score (nSPS) is 20.9. The van der Waals surface area contributed by atoms with Crippen molar-refractivity contribution in [2.45, 2.75) is 25.4 Å². The minimum absolute atomic E-state index is 0. The van der Waals surface area contributed by atoms with Crippen LogP contribution >= 0.6 is 24.8 Å². The molecule has 1 aromatic heterocycles. The molecule has 0 saturated carbocycles. The topological polar surface area (TPSA) is 66.5 Å². The average molecular weight is 363 g/mol. The second kappa shape index (κ2) is 9.93. The van der Waals surface area contributed by atoms with Crippen LogP contribution in [0.1, 0.15) is 19.3 Å². The fourth-order valence-electron chi connectivity index (χ4n) is 2.73.